The van der Waals surface area contributed by atoms with Crippen LogP contribution in [0.3, 0.4) is 0 Å². The van der Waals surface area contributed by atoms with Crippen LogP contribution in [0, 0.1) is 5.92 Å². The van der Waals surface area contributed by atoms with E-state index in [1.54, 1.807) is 0 Å². The highest BCUT2D eigenvalue weighted by atomic mass is 16.3. The Morgan fingerprint density at radius 1 is 1.16 bits per heavy atom. The number of hydrogen-bond donors (Lipinski definition) is 2. The van der Waals surface area contributed by atoms with Crippen LogP contribution < -0.4 is 5.73 Å². The third-order valence-electron chi connectivity index (χ3n) is 5.20. The van der Waals surface area contributed by atoms with Crippen molar-refractivity contribution in [1.29, 1.82) is 0 Å². The number of hydrogen-bond acceptors (Lipinski definition) is 3. The Balaban J connectivity index is 1.81. The van der Waals surface area contributed by atoms with E-state index in [4.69, 9.17) is 5.73 Å². The quantitative estimate of drug-likeness (QED) is 0.849. The van der Waals surface area contributed by atoms with Crippen LogP contribution in [0.5, 0.6) is 0 Å². The standard InChI is InChI=1S/C21H28N2O2/c22-19-10-4-8-17(14-19)21(25)23(12-5-13-24)15-18-9-3-7-16-6-1-2-11-20(16)18/h1-3,6-7,9,11,17,19,24H,4-5,8,10,12-15,22H2/t17-,19+/m1/s1. The van der Waals surface area contributed by atoms with Crippen molar-refractivity contribution in [2.45, 2.75) is 44.7 Å². The molecular formula is C21H28N2O2. The Hall–Kier alpha value is -1.91. The second-order valence-electron chi connectivity index (χ2n) is 7.10. The van der Waals surface area contributed by atoms with E-state index in [0.29, 0.717) is 19.5 Å². The molecular weight excluding hydrogens is 312 g/mol. The highest BCUT2D eigenvalue weighted by molar-refractivity contribution is 5.86. The molecule has 1 saturated carbocycles. The minimum absolute atomic E-state index is 0.0254. The number of fused-ring (bicyclic) bond motifs is 1. The van der Waals surface area contributed by atoms with Crippen molar-refractivity contribution in [2.24, 2.45) is 11.7 Å². The average molecular weight is 340 g/mol. The summed E-state index contributed by atoms with van der Waals surface area (Å²) >= 11 is 0. The number of rotatable bonds is 6. The van der Waals surface area contributed by atoms with Crippen LogP contribution in [-0.2, 0) is 11.3 Å². The third-order valence-corrected chi connectivity index (χ3v) is 5.20. The molecule has 0 spiro atoms. The second-order valence-corrected chi connectivity index (χ2v) is 7.10. The third kappa shape index (κ3) is 4.39. The van der Waals surface area contributed by atoms with Gasteiger partial charge in [0, 0.05) is 31.7 Å². The molecule has 1 amide bonds. The second kappa shape index (κ2) is 8.45. The number of aliphatic hydroxyl groups is 1. The molecule has 25 heavy (non-hydrogen) atoms. The topological polar surface area (TPSA) is 66.6 Å². The highest BCUT2D eigenvalue weighted by Gasteiger charge is 2.29. The Bertz CT molecular complexity index is 711. The molecule has 134 valence electrons. The smallest absolute Gasteiger partial charge is 0.226 e. The van der Waals surface area contributed by atoms with Gasteiger partial charge in [-0.15, -0.1) is 0 Å². The molecule has 4 nitrogen and oxygen atoms in total. The lowest BCUT2D eigenvalue weighted by molar-refractivity contribution is -0.137. The lowest BCUT2D eigenvalue weighted by Crippen LogP contribution is -2.41. The largest absolute Gasteiger partial charge is 0.396 e. The molecule has 0 aromatic heterocycles. The molecule has 1 aliphatic rings. The SMILES string of the molecule is N[C@H]1CCC[C@@H](C(=O)N(CCCO)Cc2cccc3ccccc23)C1. The summed E-state index contributed by atoms with van der Waals surface area (Å²) in [6, 6.07) is 14.6. The van der Waals surface area contributed by atoms with Gasteiger partial charge < -0.3 is 15.7 Å². The van der Waals surface area contributed by atoms with E-state index in [1.807, 2.05) is 23.1 Å². The van der Waals surface area contributed by atoms with E-state index in [9.17, 15) is 9.90 Å². The maximum atomic E-state index is 13.1. The number of carbonyl (C=O) groups excluding carboxylic acids is 1. The molecule has 0 saturated heterocycles. The van der Waals surface area contributed by atoms with E-state index in [1.165, 1.54) is 10.8 Å². The minimum Gasteiger partial charge on any atom is -0.396 e. The van der Waals surface area contributed by atoms with Gasteiger partial charge in [0.05, 0.1) is 0 Å². The molecule has 3 N–H and O–H groups in total. The molecule has 0 unspecified atom stereocenters. The Morgan fingerprint density at radius 2 is 1.96 bits per heavy atom. The van der Waals surface area contributed by atoms with Crippen molar-refractivity contribution < 1.29 is 9.90 Å². The first-order valence-electron chi connectivity index (χ1n) is 9.31. The fourth-order valence-electron chi connectivity index (χ4n) is 3.87. The van der Waals surface area contributed by atoms with E-state index in [0.717, 1.165) is 31.2 Å². The van der Waals surface area contributed by atoms with Gasteiger partial charge in [-0.25, -0.2) is 0 Å². The van der Waals surface area contributed by atoms with Gasteiger partial charge in [0.15, 0.2) is 0 Å². The van der Waals surface area contributed by atoms with Crippen LogP contribution in [0.1, 0.15) is 37.7 Å². The number of benzene rings is 2. The predicted octanol–water partition coefficient (Wildman–Crippen LogP) is 3.07. The van der Waals surface area contributed by atoms with Gasteiger partial charge in [-0.2, -0.15) is 0 Å². The molecule has 2 atom stereocenters. The molecule has 1 aliphatic carbocycles. The van der Waals surface area contributed by atoms with E-state index in [-0.39, 0.29) is 24.5 Å². The summed E-state index contributed by atoms with van der Waals surface area (Å²) in [4.78, 5) is 15.0. The normalized spacial score (nSPS) is 20.6. The lowest BCUT2D eigenvalue weighted by atomic mass is 9.85. The Kier molecular flexibility index (Phi) is 6.05. The van der Waals surface area contributed by atoms with Crippen LogP contribution in [-0.4, -0.2) is 35.1 Å². The average Bonchev–Trinajstić information content (AvgIpc) is 2.64. The van der Waals surface area contributed by atoms with Gasteiger partial charge in [0.25, 0.3) is 0 Å². The maximum Gasteiger partial charge on any atom is 0.226 e. The van der Waals surface area contributed by atoms with Gasteiger partial charge in [-0.3, -0.25) is 4.79 Å². The summed E-state index contributed by atoms with van der Waals surface area (Å²) in [5, 5.41) is 11.6. The molecule has 2 aromatic rings. The molecule has 4 heteroatoms. The molecule has 0 aliphatic heterocycles. The van der Waals surface area contributed by atoms with Crippen LogP contribution in [0.4, 0.5) is 0 Å². The number of aliphatic hydroxyl groups excluding tert-OH is 1. The number of nitrogens with two attached hydrogens (primary N) is 1. The first kappa shape index (κ1) is 17.9. The van der Waals surface area contributed by atoms with Crippen molar-refractivity contribution in [3.05, 3.63) is 48.0 Å². The van der Waals surface area contributed by atoms with Crippen LogP contribution >= 0.6 is 0 Å². The minimum atomic E-state index is 0.0254. The van der Waals surface area contributed by atoms with E-state index in [2.05, 4.69) is 24.3 Å². The van der Waals surface area contributed by atoms with Gasteiger partial charge in [0.1, 0.15) is 0 Å². The zero-order valence-corrected chi connectivity index (χ0v) is 14.7. The summed E-state index contributed by atoms with van der Waals surface area (Å²) in [6.07, 6.45) is 4.36. The number of amides is 1. The van der Waals surface area contributed by atoms with Crippen molar-refractivity contribution >= 4 is 16.7 Å². The van der Waals surface area contributed by atoms with Crippen molar-refractivity contribution in [3.8, 4) is 0 Å². The van der Waals surface area contributed by atoms with Crippen molar-refractivity contribution in [3.63, 3.8) is 0 Å². The van der Waals surface area contributed by atoms with Crippen LogP contribution in [0.2, 0.25) is 0 Å². The highest BCUT2D eigenvalue weighted by Crippen LogP contribution is 2.27. The molecule has 3 rings (SSSR count). The molecule has 0 bridgehead atoms. The summed E-state index contributed by atoms with van der Waals surface area (Å²) in [6.45, 7) is 1.28. The molecule has 0 heterocycles. The summed E-state index contributed by atoms with van der Waals surface area (Å²) in [7, 11) is 0. The van der Waals surface area contributed by atoms with Gasteiger partial charge >= 0.3 is 0 Å². The lowest BCUT2D eigenvalue weighted by Gasteiger charge is -2.31. The first-order chi connectivity index (χ1) is 12.2. The fraction of sp³-hybridized carbons (Fsp3) is 0.476. The zero-order chi connectivity index (χ0) is 17.6. The van der Waals surface area contributed by atoms with Crippen LogP contribution in [0.15, 0.2) is 42.5 Å². The zero-order valence-electron chi connectivity index (χ0n) is 14.7. The first-order valence-corrected chi connectivity index (χ1v) is 9.31. The fourth-order valence-corrected chi connectivity index (χ4v) is 3.87. The van der Waals surface area contributed by atoms with E-state index < -0.39 is 0 Å². The Labute approximate surface area is 149 Å². The maximum absolute atomic E-state index is 13.1. The molecule has 2 aromatic carbocycles. The molecule has 0 radical (unpaired) electrons. The number of carbonyl (C=O) groups is 1. The summed E-state index contributed by atoms with van der Waals surface area (Å²) in [5.41, 5.74) is 7.24. The number of nitrogens with zero attached hydrogens (tertiary/aromatic N) is 1. The summed E-state index contributed by atoms with van der Waals surface area (Å²) in [5.74, 6) is 0.217. The van der Waals surface area contributed by atoms with Crippen LogP contribution in [0.25, 0.3) is 10.8 Å². The monoisotopic (exact) mass is 340 g/mol. The van der Waals surface area contributed by atoms with Gasteiger partial charge in [0.2, 0.25) is 5.91 Å². The predicted molar refractivity (Wildman–Crippen MR) is 101 cm³/mol. The Morgan fingerprint density at radius 3 is 2.76 bits per heavy atom. The van der Waals surface area contributed by atoms with Gasteiger partial charge in [-0.05, 0) is 42.0 Å². The molecule has 1 fully saturated rings. The van der Waals surface area contributed by atoms with Gasteiger partial charge in [-0.1, -0.05) is 48.9 Å². The van der Waals surface area contributed by atoms with E-state index >= 15 is 0 Å². The van der Waals surface area contributed by atoms with Crippen molar-refractivity contribution in [1.82, 2.24) is 4.90 Å². The summed E-state index contributed by atoms with van der Waals surface area (Å²) < 4.78 is 0. The van der Waals surface area contributed by atoms with Crippen molar-refractivity contribution in [2.75, 3.05) is 13.2 Å².